The Morgan fingerprint density at radius 1 is 0.588 bits per heavy atom. The molecular weight excluding hydrogens is 1370 g/mol. The monoisotopic (exact) mass is 1450 g/mol. The van der Waals surface area contributed by atoms with Gasteiger partial charge in [-0.3, -0.25) is 14.4 Å². The summed E-state index contributed by atoms with van der Waals surface area (Å²) >= 11 is 35.6. The number of aldehydes is 1. The van der Waals surface area contributed by atoms with Crippen LogP contribution in [0.2, 0.25) is 30.1 Å². The summed E-state index contributed by atoms with van der Waals surface area (Å²) in [6.07, 6.45) is 6.69. The molecule has 0 saturated carbocycles. The second-order valence-electron chi connectivity index (χ2n) is 22.8. The van der Waals surface area contributed by atoms with Crippen molar-refractivity contribution >= 4 is 112 Å². The Labute approximate surface area is 599 Å². The number of rotatable bonds is 21. The molecule has 0 radical (unpaired) electrons. The van der Waals surface area contributed by atoms with Crippen molar-refractivity contribution in [2.24, 2.45) is 0 Å². The molecule has 0 atom stereocenters. The lowest BCUT2D eigenvalue weighted by Gasteiger charge is -2.20. The molecule has 1 aromatic heterocycles. The van der Waals surface area contributed by atoms with Crippen molar-refractivity contribution in [3.8, 4) is 34.5 Å². The minimum atomic E-state index is -1.19. The smallest absolute Gasteiger partial charge is 0.342 e. The van der Waals surface area contributed by atoms with Crippen molar-refractivity contribution < 1.29 is 67.7 Å². The number of anilines is 1. The van der Waals surface area contributed by atoms with E-state index < -0.39 is 11.9 Å². The number of carbonyl (C=O) groups excluding carboxylic acids is 4. The minimum Gasteiger partial charge on any atom is -0.505 e. The van der Waals surface area contributed by atoms with Gasteiger partial charge in [0.2, 0.25) is 11.8 Å². The number of fused-ring (bicyclic) bond motifs is 1. The van der Waals surface area contributed by atoms with E-state index in [1.165, 1.54) is 24.3 Å². The molecule has 0 fully saturated rings. The lowest BCUT2D eigenvalue weighted by atomic mass is 10.0. The van der Waals surface area contributed by atoms with Gasteiger partial charge in [-0.2, -0.15) is 0 Å². The van der Waals surface area contributed by atoms with Crippen LogP contribution in [0.15, 0.2) is 128 Å². The molecule has 18 nitrogen and oxygen atoms in total. The number of phenols is 1. The second kappa shape index (κ2) is 42.8. The van der Waals surface area contributed by atoms with Gasteiger partial charge in [-0.15, -0.1) is 0 Å². The Hall–Kier alpha value is -7.78. The molecule has 1 aliphatic rings. The van der Waals surface area contributed by atoms with Crippen LogP contribution >= 0.6 is 69.6 Å². The lowest BCUT2D eigenvalue weighted by molar-refractivity contribution is -0.125. The van der Waals surface area contributed by atoms with E-state index in [-0.39, 0.29) is 71.4 Å². The summed E-state index contributed by atoms with van der Waals surface area (Å²) in [5.41, 5.74) is 5.12. The van der Waals surface area contributed by atoms with Gasteiger partial charge in [-0.1, -0.05) is 124 Å². The zero-order valence-corrected chi connectivity index (χ0v) is 61.3. The molecule has 0 spiro atoms. The Kier molecular flexibility index (Phi) is 36.8. The fourth-order valence-electron chi connectivity index (χ4n) is 8.31. The lowest BCUT2D eigenvalue weighted by Crippen LogP contribution is -2.24. The van der Waals surface area contributed by atoms with Crippen molar-refractivity contribution in [1.82, 2.24) is 15.2 Å². The maximum atomic E-state index is 12.6. The number of nitrogens with one attached hydrogen (secondary N) is 2. The highest BCUT2D eigenvalue weighted by molar-refractivity contribution is 6.34. The van der Waals surface area contributed by atoms with Gasteiger partial charge in [-0.25, -0.2) is 14.6 Å². The highest BCUT2D eigenvalue weighted by atomic mass is 35.5. The SMILES string of the molecule is CC(C)OC(=O)c1cccc(Cl)c1OC(C)C.CC(C)Oc1c(Cl)cccc1C=O.CC(C)Oc1c(Cl)cccc1CN(C)C(=O)/C=C/c1cnc2c(c1)CCC(=O)N2.CC(C)Oc1c(Cl)cccc1CO.CNCc1cccc(Cl)c1OC(C)C.O=C(O)c1cccc(Cl)c1O. The van der Waals surface area contributed by atoms with E-state index in [9.17, 15) is 24.0 Å². The summed E-state index contributed by atoms with van der Waals surface area (Å²) in [6, 6.07) is 32.9. The average Bonchev–Trinajstić information content (AvgIpc) is 0.901. The summed E-state index contributed by atoms with van der Waals surface area (Å²) in [5.74, 6) is 1.27. The number of carboxylic acids is 1. The number of halogens is 6. The number of likely N-dealkylation sites (N-methyl/N-ethyl adjacent to an activating group) is 1. The number of hydrogen-bond donors (Lipinski definition) is 5. The third-order valence-electron chi connectivity index (χ3n) is 12.4. The van der Waals surface area contributed by atoms with Gasteiger partial charge in [0.15, 0.2) is 12.0 Å². The molecule has 7 aromatic rings. The van der Waals surface area contributed by atoms with E-state index in [1.54, 1.807) is 98.7 Å². The fraction of sp³-hybridized carbons (Fsp3) is 0.342. The number of nitrogens with zero attached hydrogens (tertiary/aromatic N) is 2. The first-order chi connectivity index (χ1) is 45.8. The quantitative estimate of drug-likeness (QED) is 0.0255. The predicted octanol–water partition coefficient (Wildman–Crippen LogP) is 17.9. The zero-order valence-electron chi connectivity index (χ0n) is 56.8. The molecule has 6 aromatic carbocycles. The van der Waals surface area contributed by atoms with Gasteiger partial charge in [0, 0.05) is 55.5 Å². The third-order valence-corrected chi connectivity index (χ3v) is 14.2. The predicted molar refractivity (Wildman–Crippen MR) is 387 cm³/mol. The summed E-state index contributed by atoms with van der Waals surface area (Å²) < 4.78 is 33.0. The average molecular weight is 1460 g/mol. The van der Waals surface area contributed by atoms with Crippen molar-refractivity contribution in [3.05, 3.63) is 202 Å². The zero-order chi connectivity index (χ0) is 72.6. The topological polar surface area (TPSA) is 242 Å². The highest BCUT2D eigenvalue weighted by Gasteiger charge is 2.21. The Balaban J connectivity index is 0.000000315. The van der Waals surface area contributed by atoms with Gasteiger partial charge in [0.1, 0.15) is 45.7 Å². The van der Waals surface area contributed by atoms with Crippen LogP contribution in [-0.2, 0) is 40.4 Å². The number of carbonyl (C=O) groups is 5. The van der Waals surface area contributed by atoms with Crippen LogP contribution in [0.5, 0.6) is 34.5 Å². The number of para-hydroxylation sites is 6. The number of pyridine rings is 1. The largest absolute Gasteiger partial charge is 0.505 e. The van der Waals surface area contributed by atoms with Crippen LogP contribution in [0.4, 0.5) is 5.82 Å². The van der Waals surface area contributed by atoms with E-state index in [4.69, 9.17) is 113 Å². The van der Waals surface area contributed by atoms with Crippen molar-refractivity contribution in [3.63, 3.8) is 0 Å². The van der Waals surface area contributed by atoms with Gasteiger partial charge >= 0.3 is 11.9 Å². The van der Waals surface area contributed by atoms with Crippen molar-refractivity contribution in [1.29, 1.82) is 0 Å². The van der Waals surface area contributed by atoms with Crippen molar-refractivity contribution in [2.45, 2.75) is 152 Å². The molecule has 97 heavy (non-hydrogen) atoms. The molecule has 1 aliphatic heterocycles. The molecule has 524 valence electrons. The molecule has 2 heterocycles. The molecule has 8 rings (SSSR count). The Bertz CT molecular complexity index is 3730. The fourth-order valence-corrected chi connectivity index (χ4v) is 9.64. The second-order valence-corrected chi connectivity index (χ2v) is 25.3. The number of aromatic carboxylic acids is 1. The van der Waals surface area contributed by atoms with Gasteiger partial charge in [0.25, 0.3) is 0 Å². The molecule has 0 aliphatic carbocycles. The number of aryl methyl sites for hydroxylation is 1. The minimum absolute atomic E-state index is 0.0126. The number of amides is 2. The molecular formula is C73H86Cl6N4O14. The number of carboxylic acid groups (broad SMARTS) is 1. The first-order valence-corrected chi connectivity index (χ1v) is 33.2. The van der Waals surface area contributed by atoms with Crippen LogP contribution in [0.1, 0.15) is 148 Å². The maximum Gasteiger partial charge on any atom is 0.342 e. The number of aliphatic hydroxyl groups is 1. The number of ether oxygens (including phenoxy) is 6. The van der Waals surface area contributed by atoms with Crippen LogP contribution < -0.4 is 34.3 Å². The molecule has 5 N–H and O–H groups in total. The van der Waals surface area contributed by atoms with Gasteiger partial charge < -0.3 is 59.3 Å². The molecule has 0 unspecified atom stereocenters. The normalized spacial score (nSPS) is 11.3. The van der Waals surface area contributed by atoms with E-state index in [0.717, 1.165) is 46.4 Å². The Morgan fingerprint density at radius 3 is 1.51 bits per heavy atom. The van der Waals surface area contributed by atoms with Crippen LogP contribution in [0.25, 0.3) is 6.08 Å². The van der Waals surface area contributed by atoms with Crippen LogP contribution in [0, 0.1) is 0 Å². The summed E-state index contributed by atoms with van der Waals surface area (Å²) in [4.78, 5) is 62.7. The van der Waals surface area contributed by atoms with E-state index in [1.807, 2.05) is 113 Å². The van der Waals surface area contributed by atoms with Gasteiger partial charge in [0.05, 0.1) is 78.9 Å². The number of esters is 1. The molecule has 24 heteroatoms. The summed E-state index contributed by atoms with van der Waals surface area (Å²) in [6.45, 7) is 23.9. The maximum absolute atomic E-state index is 12.6. The van der Waals surface area contributed by atoms with E-state index >= 15 is 0 Å². The first-order valence-electron chi connectivity index (χ1n) is 30.9. The third kappa shape index (κ3) is 29.1. The number of aromatic hydroxyl groups is 1. The number of aliphatic hydroxyl groups excluding tert-OH is 1. The Morgan fingerprint density at radius 2 is 1.02 bits per heavy atom. The van der Waals surface area contributed by atoms with Gasteiger partial charge in [-0.05, 0) is 174 Å². The molecule has 0 bridgehead atoms. The molecule has 2 amide bonds. The number of benzene rings is 6. The summed E-state index contributed by atoms with van der Waals surface area (Å²) in [7, 11) is 3.63. The highest BCUT2D eigenvalue weighted by Crippen LogP contribution is 2.35. The van der Waals surface area contributed by atoms with Crippen LogP contribution in [0.3, 0.4) is 0 Å². The number of aromatic nitrogens is 1. The first kappa shape index (κ1) is 83.4. The molecule has 0 saturated heterocycles. The van der Waals surface area contributed by atoms with E-state index in [2.05, 4.69) is 15.6 Å². The summed E-state index contributed by atoms with van der Waals surface area (Å²) in [5, 5.41) is 35.1. The standard InChI is InChI=1S/C22H24ClN3O3.C13H17ClO3.C11H16ClNO.C10H13ClO2.C10H11ClO2.C7H5ClO3/c1-14(2)29-21-17(5-4-6-18(21)23)13-26(3)20(28)10-7-15-11-16-8-9-19(27)25-22(16)24-12-15;1-8(2)16-12-10(6-5-7-11(12)14)13(15)17-9(3)4;1-8(2)14-11-9(7-13-3)5-4-6-10(11)12;2*1-7(2)13-10-8(6-12)4-3-5-9(10)11;8-5-3-1-2-4(6(5)9)7(10)11/h4-7,10-12,14H,8-9,13H2,1-3H3,(H,24,25,27);5-9H,1-4H3;4-6,8,13H,7H2,1-3H3;3-5,7,12H,6H2,1-2H3;3-7H,1-2H3;1-3,9H,(H,10,11)/b10-7+;;;;;. The van der Waals surface area contributed by atoms with Crippen LogP contribution in [-0.4, -0.2) is 106 Å². The number of hydrogen-bond acceptors (Lipinski definition) is 15. The van der Waals surface area contributed by atoms with Crippen molar-refractivity contribution in [2.75, 3.05) is 19.4 Å². The van der Waals surface area contributed by atoms with E-state index in [0.29, 0.717) is 84.4 Å².